The predicted molar refractivity (Wildman–Crippen MR) is 142 cm³/mol. The van der Waals surface area contributed by atoms with Gasteiger partial charge in [0.15, 0.2) is 0 Å². The van der Waals surface area contributed by atoms with Crippen LogP contribution in [0, 0.1) is 11.8 Å². The molecule has 2 saturated carbocycles. The lowest BCUT2D eigenvalue weighted by Crippen LogP contribution is -2.30. The largest absolute Gasteiger partial charge is 0.314 e. The van der Waals surface area contributed by atoms with Crippen molar-refractivity contribution in [1.29, 1.82) is 0 Å². The normalized spacial score (nSPS) is 25.5. The monoisotopic (exact) mass is 518 g/mol. The van der Waals surface area contributed by atoms with Crippen molar-refractivity contribution in [1.82, 2.24) is 19.6 Å². The van der Waals surface area contributed by atoms with Crippen LogP contribution in [0.1, 0.15) is 77.0 Å². The first-order chi connectivity index (χ1) is 18.2. The Morgan fingerprint density at radius 1 is 0.474 bits per heavy atom. The van der Waals surface area contributed by atoms with Crippen LogP contribution < -0.4 is 0 Å². The predicted octanol–water partition coefficient (Wildman–Crippen LogP) is 3.83. The third kappa shape index (κ3) is 3.48. The summed E-state index contributed by atoms with van der Waals surface area (Å²) in [6.07, 6.45) is 11.8. The minimum atomic E-state index is -0.112. The van der Waals surface area contributed by atoms with E-state index in [4.69, 9.17) is 0 Å². The third-order valence-corrected chi connectivity index (χ3v) is 9.78. The molecular weight excluding hydrogens is 480 g/mol. The van der Waals surface area contributed by atoms with E-state index >= 15 is 0 Å². The van der Waals surface area contributed by atoms with Crippen molar-refractivity contribution in [2.45, 2.75) is 77.0 Å². The van der Waals surface area contributed by atoms with Crippen LogP contribution in [0.15, 0.2) is 45.1 Å². The van der Waals surface area contributed by atoms with Crippen LogP contribution in [-0.4, -0.2) is 71.4 Å². The molecule has 8 nitrogen and oxygen atoms in total. The zero-order chi connectivity index (χ0) is 26.9. The summed E-state index contributed by atoms with van der Waals surface area (Å²) < 4.78 is 0. The van der Waals surface area contributed by atoms with Gasteiger partial charge in [-0.05, 0) is 38.5 Å². The quantitative estimate of drug-likeness (QED) is 0.554. The van der Waals surface area contributed by atoms with E-state index in [1.54, 1.807) is 47.8 Å². The van der Waals surface area contributed by atoms with Crippen LogP contribution in [0.5, 0.6) is 0 Å². The molecule has 0 aromatic carbocycles. The second-order valence-corrected chi connectivity index (χ2v) is 11.8. The van der Waals surface area contributed by atoms with Crippen molar-refractivity contribution in [2.24, 2.45) is 11.8 Å². The van der Waals surface area contributed by atoms with Gasteiger partial charge < -0.3 is 19.6 Å². The number of carbonyl (C=O) groups is 4. The van der Waals surface area contributed by atoms with Gasteiger partial charge in [0.2, 0.25) is 0 Å². The molecule has 38 heavy (non-hydrogen) atoms. The van der Waals surface area contributed by atoms with Crippen LogP contribution in [0.4, 0.5) is 0 Å². The molecule has 202 valence electrons. The second-order valence-electron chi connectivity index (χ2n) is 11.8. The van der Waals surface area contributed by atoms with E-state index < -0.39 is 0 Å². The van der Waals surface area contributed by atoms with Crippen LogP contribution in [0.3, 0.4) is 0 Å². The summed E-state index contributed by atoms with van der Waals surface area (Å²) in [6.45, 7) is 0. The number of rotatable bonds is 5. The van der Waals surface area contributed by atoms with Gasteiger partial charge in [-0.3, -0.25) is 19.2 Å². The van der Waals surface area contributed by atoms with E-state index in [9.17, 15) is 19.2 Å². The number of likely N-dealkylation sites (N-methyl/N-ethyl adjacent to an activating group) is 4. The van der Waals surface area contributed by atoms with E-state index in [0.717, 1.165) is 62.8 Å². The Morgan fingerprint density at radius 2 is 0.789 bits per heavy atom. The molecule has 4 amide bonds. The second kappa shape index (κ2) is 9.24. The lowest BCUT2D eigenvalue weighted by Gasteiger charge is -2.28. The van der Waals surface area contributed by atoms with Crippen molar-refractivity contribution in [3.63, 3.8) is 0 Å². The Hall–Kier alpha value is -3.16. The molecule has 4 heterocycles. The highest BCUT2D eigenvalue weighted by molar-refractivity contribution is 6.20. The Balaban J connectivity index is 1.35. The number of nitrogens with zero attached hydrogens (tertiary/aromatic N) is 4. The number of fused-ring (bicyclic) bond motifs is 2. The van der Waals surface area contributed by atoms with Crippen LogP contribution in [0.2, 0.25) is 0 Å². The van der Waals surface area contributed by atoms with Crippen molar-refractivity contribution in [2.75, 3.05) is 28.2 Å². The van der Waals surface area contributed by atoms with Crippen LogP contribution in [0.25, 0.3) is 0 Å². The van der Waals surface area contributed by atoms with E-state index in [2.05, 4.69) is 0 Å². The molecule has 0 spiro atoms. The lowest BCUT2D eigenvalue weighted by atomic mass is 9.85. The number of carbonyl (C=O) groups excluding carboxylic acids is 4. The van der Waals surface area contributed by atoms with E-state index in [0.29, 0.717) is 46.5 Å². The highest BCUT2D eigenvalue weighted by Crippen LogP contribution is 2.48. The molecule has 0 radical (unpaired) electrons. The molecule has 6 rings (SSSR count). The fourth-order valence-corrected chi connectivity index (χ4v) is 7.77. The van der Waals surface area contributed by atoms with Gasteiger partial charge in [0.1, 0.15) is 0 Å². The molecule has 6 aliphatic rings. The van der Waals surface area contributed by atoms with Gasteiger partial charge in [-0.2, -0.15) is 0 Å². The van der Waals surface area contributed by atoms with E-state index in [1.165, 1.54) is 12.8 Å². The molecule has 0 N–H and O–H groups in total. The van der Waals surface area contributed by atoms with Crippen LogP contribution >= 0.6 is 0 Å². The minimum absolute atomic E-state index is 0.112. The van der Waals surface area contributed by atoms with Gasteiger partial charge in [-0.15, -0.1) is 0 Å². The molecule has 0 atom stereocenters. The molecule has 2 fully saturated rings. The summed E-state index contributed by atoms with van der Waals surface area (Å²) in [5.74, 6) is 0.0282. The van der Waals surface area contributed by atoms with Crippen molar-refractivity contribution < 1.29 is 19.2 Å². The summed E-state index contributed by atoms with van der Waals surface area (Å²) in [6, 6.07) is 0. The zero-order valence-electron chi connectivity index (χ0n) is 23.1. The smallest absolute Gasteiger partial charge is 0.260 e. The molecule has 4 aliphatic heterocycles. The molecule has 0 aromatic heterocycles. The number of allylic oxidation sites excluding steroid dienone is 4. The Labute approximate surface area is 224 Å². The van der Waals surface area contributed by atoms with Crippen molar-refractivity contribution in [3.8, 4) is 0 Å². The Morgan fingerprint density at radius 3 is 1.13 bits per heavy atom. The third-order valence-electron chi connectivity index (χ3n) is 9.78. The summed E-state index contributed by atoms with van der Waals surface area (Å²) in [4.78, 5) is 60.4. The maximum atomic E-state index is 13.5. The maximum Gasteiger partial charge on any atom is 0.260 e. The molecule has 0 aromatic rings. The summed E-state index contributed by atoms with van der Waals surface area (Å²) >= 11 is 0. The van der Waals surface area contributed by atoms with Gasteiger partial charge in [0, 0.05) is 62.8 Å². The standard InChI is InChI=1S/C30H38N4O4/c1-31-19(21-23(29(31)37)25(33(3)27(21)35)17-11-7-5-8-12-17)15-16-20-22-24(30(38)32(20)2)26(34(4)28(22)36)18-13-9-6-10-14-18/h17-18H,5-16H2,1-4H3. The highest BCUT2D eigenvalue weighted by Gasteiger charge is 2.49. The molecule has 0 bridgehead atoms. The van der Waals surface area contributed by atoms with Crippen molar-refractivity contribution in [3.05, 3.63) is 45.1 Å². The number of hydrogen-bond donors (Lipinski definition) is 0. The summed E-state index contributed by atoms with van der Waals surface area (Å²) in [7, 11) is 7.06. The van der Waals surface area contributed by atoms with Gasteiger partial charge in [0.25, 0.3) is 23.6 Å². The maximum absolute atomic E-state index is 13.5. The number of amides is 4. The first kappa shape index (κ1) is 25.1. The fraction of sp³-hybridized carbons (Fsp3) is 0.600. The molecular formula is C30H38N4O4. The molecule has 0 saturated heterocycles. The van der Waals surface area contributed by atoms with E-state index in [-0.39, 0.29) is 35.5 Å². The average molecular weight is 519 g/mol. The minimum Gasteiger partial charge on any atom is -0.314 e. The zero-order valence-corrected chi connectivity index (χ0v) is 23.1. The van der Waals surface area contributed by atoms with Gasteiger partial charge in [-0.25, -0.2) is 0 Å². The molecule has 0 unspecified atom stereocenters. The van der Waals surface area contributed by atoms with Gasteiger partial charge >= 0.3 is 0 Å². The van der Waals surface area contributed by atoms with E-state index in [1.807, 2.05) is 0 Å². The number of hydrogen-bond acceptors (Lipinski definition) is 4. The summed E-state index contributed by atoms with van der Waals surface area (Å²) in [5.41, 5.74) is 5.37. The lowest BCUT2D eigenvalue weighted by molar-refractivity contribution is -0.124. The molecule has 8 heteroatoms. The first-order valence-electron chi connectivity index (χ1n) is 14.3. The fourth-order valence-electron chi connectivity index (χ4n) is 7.77. The van der Waals surface area contributed by atoms with Gasteiger partial charge in [0.05, 0.1) is 22.3 Å². The highest BCUT2D eigenvalue weighted by atomic mass is 16.2. The van der Waals surface area contributed by atoms with Gasteiger partial charge in [-0.1, -0.05) is 38.5 Å². The Kier molecular flexibility index (Phi) is 6.11. The average Bonchev–Trinajstić information content (AvgIpc) is 3.53. The van der Waals surface area contributed by atoms with Crippen LogP contribution in [-0.2, 0) is 19.2 Å². The van der Waals surface area contributed by atoms with Crippen molar-refractivity contribution >= 4 is 23.6 Å². The SMILES string of the molecule is CN1C(=O)C2=C(C3CCCCC3)N(C)C(=O)C2=C1CCC1=C2C(=O)N(C)C(C3CCCCC3)=C2C(=O)N1C. The topological polar surface area (TPSA) is 81.2 Å². The Bertz CT molecular complexity index is 1170. The first-order valence-corrected chi connectivity index (χ1v) is 14.3. The molecule has 2 aliphatic carbocycles. The summed E-state index contributed by atoms with van der Waals surface area (Å²) in [5, 5.41) is 0.